The molecule has 1 N–H and O–H groups in total. The van der Waals surface area contributed by atoms with Gasteiger partial charge in [-0.2, -0.15) is 0 Å². The van der Waals surface area contributed by atoms with E-state index in [1.807, 2.05) is 19.1 Å². The monoisotopic (exact) mass is 338 g/mol. The van der Waals surface area contributed by atoms with Crippen molar-refractivity contribution in [3.8, 4) is 5.75 Å². The number of carbonyl (C=O) groups is 2. The number of amides is 2. The average molecular weight is 338 g/mol. The normalized spacial score (nSPS) is 14.4. The Morgan fingerprint density at radius 3 is 2.57 bits per heavy atom. The Morgan fingerprint density at radius 1 is 1.22 bits per heavy atom. The van der Waals surface area contributed by atoms with E-state index in [0.717, 1.165) is 11.4 Å². The molecule has 7 heteroatoms. The third-order valence-electron chi connectivity index (χ3n) is 3.27. The van der Waals surface area contributed by atoms with Crippen LogP contribution in [0.3, 0.4) is 0 Å². The molecule has 0 unspecified atom stereocenters. The van der Waals surface area contributed by atoms with Crippen molar-refractivity contribution in [2.45, 2.75) is 6.92 Å². The predicted octanol–water partition coefficient (Wildman–Crippen LogP) is 1.62. The van der Waals surface area contributed by atoms with Gasteiger partial charge in [0, 0.05) is 18.8 Å². The van der Waals surface area contributed by atoms with Crippen molar-refractivity contribution in [1.29, 1.82) is 0 Å². The molecular formula is C16H22N2O4S. The maximum atomic E-state index is 11.9. The molecule has 1 aromatic carbocycles. The van der Waals surface area contributed by atoms with Crippen LogP contribution in [0.5, 0.6) is 5.75 Å². The van der Waals surface area contributed by atoms with Crippen molar-refractivity contribution in [1.82, 2.24) is 4.90 Å². The molecule has 0 saturated carbocycles. The van der Waals surface area contributed by atoms with Gasteiger partial charge in [-0.05, 0) is 31.2 Å². The molecule has 2 amide bonds. The van der Waals surface area contributed by atoms with Crippen LogP contribution in [0.2, 0.25) is 0 Å². The van der Waals surface area contributed by atoms with Crippen LogP contribution in [0.25, 0.3) is 0 Å². The molecule has 0 spiro atoms. The second kappa shape index (κ2) is 9.42. The van der Waals surface area contributed by atoms with Crippen LogP contribution in [0.1, 0.15) is 6.92 Å². The summed E-state index contributed by atoms with van der Waals surface area (Å²) in [6.45, 7) is 4.99. The van der Waals surface area contributed by atoms with Crippen molar-refractivity contribution in [3.63, 3.8) is 0 Å². The molecule has 6 nitrogen and oxygen atoms in total. The van der Waals surface area contributed by atoms with Gasteiger partial charge >= 0.3 is 0 Å². The van der Waals surface area contributed by atoms with E-state index in [4.69, 9.17) is 9.47 Å². The van der Waals surface area contributed by atoms with Gasteiger partial charge in [-0.3, -0.25) is 9.59 Å². The zero-order chi connectivity index (χ0) is 16.5. The summed E-state index contributed by atoms with van der Waals surface area (Å²) in [4.78, 5) is 25.6. The third-order valence-corrected chi connectivity index (χ3v) is 4.19. The summed E-state index contributed by atoms with van der Waals surface area (Å²) in [6, 6.07) is 7.22. The van der Waals surface area contributed by atoms with Crippen LogP contribution in [-0.4, -0.2) is 61.1 Å². The molecule has 0 radical (unpaired) electrons. The summed E-state index contributed by atoms with van der Waals surface area (Å²) in [5.74, 6) is 1.29. The molecular weight excluding hydrogens is 316 g/mol. The number of thioether (sulfide) groups is 1. The van der Waals surface area contributed by atoms with E-state index in [-0.39, 0.29) is 17.6 Å². The minimum Gasteiger partial charge on any atom is -0.494 e. The first-order chi connectivity index (χ1) is 11.2. The van der Waals surface area contributed by atoms with Gasteiger partial charge in [0.1, 0.15) is 5.75 Å². The molecule has 126 valence electrons. The Kier molecular flexibility index (Phi) is 7.22. The Hall–Kier alpha value is -1.73. The largest absolute Gasteiger partial charge is 0.494 e. The lowest BCUT2D eigenvalue weighted by Crippen LogP contribution is -2.41. The minimum atomic E-state index is -0.117. The van der Waals surface area contributed by atoms with Gasteiger partial charge < -0.3 is 19.7 Å². The van der Waals surface area contributed by atoms with Crippen LogP contribution >= 0.6 is 11.8 Å². The Bertz CT molecular complexity index is 515. The van der Waals surface area contributed by atoms with E-state index < -0.39 is 0 Å². The van der Waals surface area contributed by atoms with E-state index >= 15 is 0 Å². The van der Waals surface area contributed by atoms with Gasteiger partial charge in [-0.1, -0.05) is 0 Å². The number of anilines is 1. The number of rotatable bonds is 7. The Morgan fingerprint density at radius 2 is 1.91 bits per heavy atom. The van der Waals surface area contributed by atoms with Gasteiger partial charge in [0.2, 0.25) is 11.8 Å². The zero-order valence-corrected chi connectivity index (χ0v) is 14.1. The van der Waals surface area contributed by atoms with Crippen LogP contribution in [-0.2, 0) is 14.3 Å². The topological polar surface area (TPSA) is 67.9 Å². The van der Waals surface area contributed by atoms with Crippen LogP contribution in [0.4, 0.5) is 5.69 Å². The highest BCUT2D eigenvalue weighted by Gasteiger charge is 2.16. The SMILES string of the molecule is CCOc1ccc(NC(=O)CSCC(=O)N2CCOCC2)cc1. The minimum absolute atomic E-state index is 0.0622. The van der Waals surface area contributed by atoms with Crippen molar-refractivity contribution in [3.05, 3.63) is 24.3 Å². The number of nitrogens with one attached hydrogen (secondary N) is 1. The van der Waals surface area contributed by atoms with E-state index in [1.165, 1.54) is 11.8 Å². The number of benzene rings is 1. The maximum absolute atomic E-state index is 11.9. The molecule has 1 aromatic rings. The molecule has 1 saturated heterocycles. The maximum Gasteiger partial charge on any atom is 0.234 e. The second-order valence-electron chi connectivity index (χ2n) is 4.99. The van der Waals surface area contributed by atoms with Gasteiger partial charge in [0.25, 0.3) is 0 Å². The number of hydrogen-bond acceptors (Lipinski definition) is 5. The third kappa shape index (κ3) is 6.11. The first-order valence-electron chi connectivity index (χ1n) is 7.65. The lowest BCUT2D eigenvalue weighted by Gasteiger charge is -2.26. The Labute approximate surface area is 140 Å². The highest BCUT2D eigenvalue weighted by atomic mass is 32.2. The fraction of sp³-hybridized carbons (Fsp3) is 0.500. The highest BCUT2D eigenvalue weighted by Crippen LogP contribution is 2.16. The number of nitrogens with zero attached hydrogens (tertiary/aromatic N) is 1. The van der Waals surface area contributed by atoms with E-state index in [9.17, 15) is 9.59 Å². The lowest BCUT2D eigenvalue weighted by atomic mass is 10.3. The van der Waals surface area contributed by atoms with Gasteiger partial charge in [0.05, 0.1) is 31.3 Å². The number of hydrogen-bond donors (Lipinski definition) is 1. The van der Waals surface area contributed by atoms with Gasteiger partial charge in [0.15, 0.2) is 0 Å². The number of morpholine rings is 1. The molecule has 0 aliphatic carbocycles. The molecule has 0 atom stereocenters. The van der Waals surface area contributed by atoms with Crippen molar-refractivity contribution in [2.24, 2.45) is 0 Å². The fourth-order valence-electron chi connectivity index (χ4n) is 2.13. The second-order valence-corrected chi connectivity index (χ2v) is 5.98. The summed E-state index contributed by atoms with van der Waals surface area (Å²) in [5, 5.41) is 2.80. The number of carbonyl (C=O) groups excluding carboxylic acids is 2. The average Bonchev–Trinajstić information content (AvgIpc) is 2.57. The summed E-state index contributed by atoms with van der Waals surface area (Å²) in [7, 11) is 0. The molecule has 0 aromatic heterocycles. The predicted molar refractivity (Wildman–Crippen MR) is 91.0 cm³/mol. The van der Waals surface area contributed by atoms with Gasteiger partial charge in [-0.15, -0.1) is 11.8 Å². The molecule has 1 fully saturated rings. The smallest absolute Gasteiger partial charge is 0.234 e. The fourth-order valence-corrected chi connectivity index (χ4v) is 2.85. The van der Waals surface area contributed by atoms with Crippen LogP contribution in [0.15, 0.2) is 24.3 Å². The summed E-state index contributed by atoms with van der Waals surface area (Å²) in [6.07, 6.45) is 0. The first-order valence-corrected chi connectivity index (χ1v) is 8.80. The highest BCUT2D eigenvalue weighted by molar-refractivity contribution is 8.00. The number of ether oxygens (including phenoxy) is 2. The Balaban J connectivity index is 1.67. The molecule has 0 bridgehead atoms. The van der Waals surface area contributed by atoms with Crippen molar-refractivity contribution < 1.29 is 19.1 Å². The van der Waals surface area contributed by atoms with E-state index in [1.54, 1.807) is 17.0 Å². The van der Waals surface area contributed by atoms with E-state index in [0.29, 0.717) is 38.7 Å². The molecule has 23 heavy (non-hydrogen) atoms. The lowest BCUT2D eigenvalue weighted by molar-refractivity contribution is -0.132. The first kappa shape index (κ1) is 17.6. The van der Waals surface area contributed by atoms with Crippen LogP contribution in [0, 0.1) is 0 Å². The summed E-state index contributed by atoms with van der Waals surface area (Å²) in [5.41, 5.74) is 0.721. The van der Waals surface area contributed by atoms with Gasteiger partial charge in [-0.25, -0.2) is 0 Å². The van der Waals surface area contributed by atoms with Crippen LogP contribution < -0.4 is 10.1 Å². The summed E-state index contributed by atoms with van der Waals surface area (Å²) < 4.78 is 10.6. The quantitative estimate of drug-likeness (QED) is 0.818. The summed E-state index contributed by atoms with van der Waals surface area (Å²) >= 11 is 1.32. The standard InChI is InChI=1S/C16H22N2O4S/c1-2-22-14-5-3-13(4-6-14)17-15(19)11-23-12-16(20)18-7-9-21-10-8-18/h3-6H,2,7-12H2,1H3,(H,17,19). The van der Waals surface area contributed by atoms with Crippen molar-refractivity contribution >= 4 is 29.3 Å². The molecule has 1 heterocycles. The molecule has 1 aliphatic heterocycles. The zero-order valence-electron chi connectivity index (χ0n) is 13.2. The van der Waals surface area contributed by atoms with E-state index in [2.05, 4.69) is 5.32 Å². The van der Waals surface area contributed by atoms with Crippen molar-refractivity contribution in [2.75, 3.05) is 49.7 Å². The molecule has 2 rings (SSSR count). The molecule has 1 aliphatic rings.